The Labute approximate surface area is 253 Å². The predicted molar refractivity (Wildman–Crippen MR) is 174 cm³/mol. The van der Waals surface area contributed by atoms with Gasteiger partial charge in [0.05, 0.1) is 46.1 Å². The molecule has 4 aromatic heterocycles. The Kier molecular flexibility index (Phi) is 9.08. The van der Waals surface area contributed by atoms with Gasteiger partial charge in [-0.15, -0.1) is 10.2 Å². The lowest BCUT2D eigenvalue weighted by atomic mass is 10.1. The van der Waals surface area contributed by atoms with Crippen molar-refractivity contribution >= 4 is 47.6 Å². The Bertz CT molecular complexity index is 1480. The van der Waals surface area contributed by atoms with Crippen LogP contribution in [-0.2, 0) is 11.3 Å². The normalized spacial score (nSPS) is 16.5. The van der Waals surface area contributed by atoms with Crippen molar-refractivity contribution in [3.8, 4) is 10.6 Å². The van der Waals surface area contributed by atoms with Gasteiger partial charge < -0.3 is 15.4 Å². The molecule has 9 nitrogen and oxygen atoms in total. The van der Waals surface area contributed by atoms with E-state index in [1.807, 2.05) is 18.5 Å². The van der Waals surface area contributed by atoms with Crippen LogP contribution in [0.1, 0.15) is 55.1 Å². The Hall–Kier alpha value is -2.99. The molecule has 2 N–H and O–H groups in total. The summed E-state index contributed by atoms with van der Waals surface area (Å²) in [5.74, 6) is 1.28. The molecular formula is C31H42N8OSSi. The third kappa shape index (κ3) is 7.50. The van der Waals surface area contributed by atoms with Crippen LogP contribution < -0.4 is 10.6 Å². The first-order chi connectivity index (χ1) is 20.4. The number of nitrogens with zero attached hydrogens (tertiary/aromatic N) is 6. The second-order valence-electron chi connectivity index (χ2n) is 12.8. The van der Waals surface area contributed by atoms with E-state index < -0.39 is 8.07 Å². The minimum atomic E-state index is -1.15. The molecule has 0 bridgehead atoms. The van der Waals surface area contributed by atoms with Gasteiger partial charge in [-0.05, 0) is 69.1 Å². The fourth-order valence-corrected chi connectivity index (χ4v) is 7.38. The summed E-state index contributed by atoms with van der Waals surface area (Å²) in [6.07, 6.45) is 11.3. The van der Waals surface area contributed by atoms with E-state index in [0.29, 0.717) is 12.6 Å². The van der Waals surface area contributed by atoms with Gasteiger partial charge in [0, 0.05) is 27.1 Å². The van der Waals surface area contributed by atoms with Crippen molar-refractivity contribution in [2.24, 2.45) is 0 Å². The monoisotopic (exact) mass is 602 g/mol. The van der Waals surface area contributed by atoms with E-state index in [1.165, 1.54) is 51.6 Å². The fourth-order valence-electron chi connectivity index (χ4n) is 5.60. The molecule has 1 aliphatic heterocycles. The quantitative estimate of drug-likeness (QED) is 0.0985. The molecule has 4 aromatic rings. The van der Waals surface area contributed by atoms with E-state index in [1.54, 1.807) is 11.3 Å². The Balaban J connectivity index is 1.21. The Morgan fingerprint density at radius 3 is 2.52 bits per heavy atom. The van der Waals surface area contributed by atoms with Crippen molar-refractivity contribution in [1.82, 2.24) is 30.0 Å². The number of hydrogen-bond donors (Lipinski definition) is 2. The average Bonchev–Trinajstić information content (AvgIpc) is 3.76. The highest BCUT2D eigenvalue weighted by Crippen LogP contribution is 2.39. The fraction of sp³-hybridized carbons (Fsp3) is 0.516. The maximum atomic E-state index is 5.97. The predicted octanol–water partition coefficient (Wildman–Crippen LogP) is 7.26. The second kappa shape index (κ2) is 13.1. The summed E-state index contributed by atoms with van der Waals surface area (Å²) < 4.78 is 5.97. The van der Waals surface area contributed by atoms with Crippen LogP contribution in [0.4, 0.5) is 17.2 Å². The maximum absolute atomic E-state index is 5.97. The third-order valence-corrected chi connectivity index (χ3v) is 10.9. The van der Waals surface area contributed by atoms with Crippen molar-refractivity contribution in [2.45, 2.75) is 76.7 Å². The molecule has 1 aliphatic carbocycles. The van der Waals surface area contributed by atoms with Crippen molar-refractivity contribution in [3.63, 3.8) is 0 Å². The number of aromatic nitrogens is 5. The molecule has 1 saturated carbocycles. The van der Waals surface area contributed by atoms with E-state index >= 15 is 0 Å². The zero-order valence-corrected chi connectivity index (χ0v) is 26.8. The van der Waals surface area contributed by atoms with Gasteiger partial charge in [0.1, 0.15) is 17.6 Å². The highest BCUT2D eigenvalue weighted by atomic mass is 32.1. The Morgan fingerprint density at radius 1 is 0.952 bits per heavy atom. The second-order valence-corrected chi connectivity index (χ2v) is 19.4. The van der Waals surface area contributed by atoms with Gasteiger partial charge >= 0.3 is 0 Å². The zero-order chi connectivity index (χ0) is 28.9. The Morgan fingerprint density at radius 2 is 1.76 bits per heavy atom. The van der Waals surface area contributed by atoms with Crippen LogP contribution in [-0.4, -0.2) is 64.6 Å². The topological polar surface area (TPSA) is 101 Å². The van der Waals surface area contributed by atoms with Gasteiger partial charge in [-0.1, -0.05) is 43.8 Å². The largest absolute Gasteiger partial charge is 0.362 e. The van der Waals surface area contributed by atoms with Crippen LogP contribution in [0, 0.1) is 0 Å². The summed E-state index contributed by atoms with van der Waals surface area (Å²) in [5.41, 5.74) is 5.44. The summed E-state index contributed by atoms with van der Waals surface area (Å²) >= 11 is 1.68. The van der Waals surface area contributed by atoms with Crippen molar-refractivity contribution in [3.05, 3.63) is 47.4 Å². The number of nitrogens with one attached hydrogen (secondary N) is 2. The van der Waals surface area contributed by atoms with Gasteiger partial charge in [-0.2, -0.15) is 0 Å². The molecule has 0 unspecified atom stereocenters. The average molecular weight is 603 g/mol. The van der Waals surface area contributed by atoms with E-state index in [0.717, 1.165) is 68.7 Å². The first kappa shape index (κ1) is 29.1. The minimum Gasteiger partial charge on any atom is -0.362 e. The first-order valence-corrected chi connectivity index (χ1v) is 19.8. The first-order valence-electron chi connectivity index (χ1n) is 15.3. The molecule has 11 heteroatoms. The molecule has 0 amide bonds. The number of fused-ring (bicyclic) bond motifs is 1. The summed E-state index contributed by atoms with van der Waals surface area (Å²) in [6, 6.07) is 9.42. The molecule has 2 fully saturated rings. The SMILES string of the molecule is C[Si](C)(C)CCOCNc1nc2cc(Nc3ccc(CN4CCCC4)nc3)cnc2cc1-c1nnc(C2CCCC2)s1. The van der Waals surface area contributed by atoms with Gasteiger partial charge in [-0.3, -0.25) is 14.9 Å². The molecule has 222 valence electrons. The van der Waals surface area contributed by atoms with Crippen LogP contribution in [0.2, 0.25) is 25.7 Å². The van der Waals surface area contributed by atoms with E-state index in [-0.39, 0.29) is 0 Å². The molecule has 5 heterocycles. The lowest BCUT2D eigenvalue weighted by Crippen LogP contribution is -2.22. The van der Waals surface area contributed by atoms with Crippen LogP contribution in [0.25, 0.3) is 21.6 Å². The van der Waals surface area contributed by atoms with Crippen LogP contribution >= 0.6 is 11.3 Å². The molecule has 1 saturated heterocycles. The summed E-state index contributed by atoms with van der Waals surface area (Å²) in [4.78, 5) is 16.9. The lowest BCUT2D eigenvalue weighted by Gasteiger charge is -2.16. The summed E-state index contributed by atoms with van der Waals surface area (Å²) in [6.45, 7) is 11.5. The maximum Gasteiger partial charge on any atom is 0.151 e. The van der Waals surface area contributed by atoms with E-state index in [4.69, 9.17) is 14.7 Å². The lowest BCUT2D eigenvalue weighted by molar-refractivity contribution is 0.165. The molecule has 0 spiro atoms. The molecule has 0 aromatic carbocycles. The van der Waals surface area contributed by atoms with E-state index in [9.17, 15) is 0 Å². The number of rotatable bonds is 12. The standard InChI is InChI=1S/C31H42N8OSSi/c1-42(2,3)15-14-40-21-34-29-26(31-38-37-30(41-31)22-8-4-5-9-22)17-27-28(36-29)16-25(19-33-27)35-23-10-11-24(32-18-23)20-39-12-6-7-13-39/h10-11,16-19,22,35H,4-9,12-15,20-21H2,1-3H3,(H,34,36). The van der Waals surface area contributed by atoms with Gasteiger partial charge in [0.15, 0.2) is 5.01 Å². The van der Waals surface area contributed by atoms with Crippen LogP contribution in [0.3, 0.4) is 0 Å². The van der Waals surface area contributed by atoms with Crippen LogP contribution in [0.15, 0.2) is 36.7 Å². The van der Waals surface area contributed by atoms with Gasteiger partial charge in [0.2, 0.25) is 0 Å². The molecule has 0 atom stereocenters. The number of anilines is 3. The number of ether oxygens (including phenoxy) is 1. The number of hydrogen-bond acceptors (Lipinski definition) is 10. The minimum absolute atomic E-state index is 0.394. The molecule has 2 aliphatic rings. The zero-order valence-electron chi connectivity index (χ0n) is 25.0. The number of likely N-dealkylation sites (tertiary alicyclic amines) is 1. The highest BCUT2D eigenvalue weighted by Gasteiger charge is 2.23. The van der Waals surface area contributed by atoms with Crippen LogP contribution in [0.5, 0.6) is 0 Å². The van der Waals surface area contributed by atoms with Crippen molar-refractivity contribution < 1.29 is 4.74 Å². The molecular weight excluding hydrogens is 561 g/mol. The van der Waals surface area contributed by atoms with Gasteiger partial charge in [-0.25, -0.2) is 4.98 Å². The molecule has 42 heavy (non-hydrogen) atoms. The molecule has 6 rings (SSSR count). The van der Waals surface area contributed by atoms with Gasteiger partial charge in [0.25, 0.3) is 0 Å². The van der Waals surface area contributed by atoms with E-state index in [2.05, 4.69) is 68.6 Å². The van der Waals surface area contributed by atoms with Crippen molar-refractivity contribution in [2.75, 3.05) is 37.1 Å². The van der Waals surface area contributed by atoms with Crippen molar-refractivity contribution in [1.29, 1.82) is 0 Å². The molecule has 0 radical (unpaired) electrons. The summed E-state index contributed by atoms with van der Waals surface area (Å²) in [7, 11) is -1.15. The smallest absolute Gasteiger partial charge is 0.151 e. The number of pyridine rings is 3. The summed E-state index contributed by atoms with van der Waals surface area (Å²) in [5, 5.41) is 18.1. The highest BCUT2D eigenvalue weighted by molar-refractivity contribution is 7.14. The third-order valence-electron chi connectivity index (χ3n) is 8.08.